The van der Waals surface area contributed by atoms with Gasteiger partial charge in [0.1, 0.15) is 23.7 Å². The van der Waals surface area contributed by atoms with Gasteiger partial charge < -0.3 is 29.8 Å². The number of benzene rings is 4. The Kier molecular flexibility index (Phi) is 12.3. The first kappa shape index (κ1) is 42.4. The summed E-state index contributed by atoms with van der Waals surface area (Å²) in [6, 6.07) is 28.2. The van der Waals surface area contributed by atoms with E-state index in [0.717, 1.165) is 83.5 Å². The third kappa shape index (κ3) is 8.35. The lowest BCUT2D eigenvalue weighted by Gasteiger charge is -2.32. The summed E-state index contributed by atoms with van der Waals surface area (Å²) in [5.41, 5.74) is 12.1. The van der Waals surface area contributed by atoms with Crippen molar-refractivity contribution in [1.82, 2.24) is 40.0 Å². The van der Waals surface area contributed by atoms with Crippen LogP contribution in [0.25, 0.3) is 44.5 Å². The second-order valence-corrected chi connectivity index (χ2v) is 17.3. The van der Waals surface area contributed by atoms with Gasteiger partial charge in [0, 0.05) is 13.1 Å². The third-order valence-corrected chi connectivity index (χ3v) is 12.6. The van der Waals surface area contributed by atoms with Crippen LogP contribution < -0.4 is 5.32 Å². The molecule has 0 radical (unpaired) electrons. The highest BCUT2D eigenvalue weighted by Gasteiger charge is 2.37. The van der Waals surface area contributed by atoms with Crippen molar-refractivity contribution in [3.63, 3.8) is 0 Å². The largest absolute Gasteiger partial charge is 0.453 e. The number of hydrogen-bond donors (Lipinski definition) is 3. The molecule has 3 amide bonds. The Morgan fingerprint density at radius 2 is 1.56 bits per heavy atom. The number of rotatable bonds is 13. The first-order valence-electron chi connectivity index (χ1n) is 21.9. The zero-order valence-electron chi connectivity index (χ0n) is 36.9. The fourth-order valence-electron chi connectivity index (χ4n) is 9.33. The molecule has 2 aromatic heterocycles. The Balaban J connectivity index is 0.985. The Morgan fingerprint density at radius 3 is 2.24 bits per heavy atom. The van der Waals surface area contributed by atoms with E-state index in [4.69, 9.17) is 14.7 Å². The van der Waals surface area contributed by atoms with Crippen LogP contribution in [0.15, 0.2) is 91.1 Å². The Morgan fingerprint density at radius 1 is 0.887 bits per heavy atom. The fourth-order valence-corrected chi connectivity index (χ4v) is 9.33. The number of fused-ring (bicyclic) bond motifs is 4. The summed E-state index contributed by atoms with van der Waals surface area (Å²) < 4.78 is 4.81. The van der Waals surface area contributed by atoms with Gasteiger partial charge in [0.25, 0.3) is 0 Å². The molecule has 0 bridgehead atoms. The zero-order chi connectivity index (χ0) is 43.7. The average Bonchev–Trinajstić information content (AvgIpc) is 4.07. The number of alkyl carbamates (subject to hydrolysis) is 1. The number of likely N-dealkylation sites (N-methyl/N-ethyl adjacent to an activating group) is 1. The molecule has 1 aliphatic carbocycles. The Hall–Kier alpha value is -6.27. The Bertz CT molecular complexity index is 2580. The van der Waals surface area contributed by atoms with E-state index in [1.54, 1.807) is 4.90 Å². The number of imidazole rings is 2. The molecule has 3 N–H and O–H groups in total. The maximum atomic E-state index is 14.0. The van der Waals surface area contributed by atoms with Gasteiger partial charge in [0.2, 0.25) is 11.8 Å². The van der Waals surface area contributed by atoms with E-state index in [-0.39, 0.29) is 35.9 Å². The molecule has 1 fully saturated rings. The summed E-state index contributed by atoms with van der Waals surface area (Å²) in [7, 11) is 5.23. The van der Waals surface area contributed by atoms with Gasteiger partial charge in [-0.2, -0.15) is 0 Å². The first-order valence-corrected chi connectivity index (χ1v) is 21.9. The van der Waals surface area contributed by atoms with Gasteiger partial charge in [-0.05, 0) is 122 Å². The number of methoxy groups -OCH3 is 1. The number of carbonyl (C=O) groups is 3. The van der Waals surface area contributed by atoms with Crippen molar-refractivity contribution in [2.45, 2.75) is 84.0 Å². The maximum Gasteiger partial charge on any atom is 0.407 e. The van der Waals surface area contributed by atoms with E-state index in [9.17, 15) is 14.4 Å². The highest BCUT2D eigenvalue weighted by atomic mass is 16.5. The van der Waals surface area contributed by atoms with Crippen LogP contribution in [0.2, 0.25) is 0 Å². The average molecular weight is 835 g/mol. The predicted octanol–water partition coefficient (Wildman–Crippen LogP) is 9.03. The van der Waals surface area contributed by atoms with Crippen LogP contribution in [0.1, 0.15) is 93.4 Å². The molecular formula is C50H58N8O4. The number of carbonyl (C=O) groups excluding carboxylic acids is 3. The standard InChI is InChI=1S/C50H58N8O4/c1-8-24-57(48(59)44(30(2)3)55-50(61)62-7)31(4)46-52-40-23-20-34(28-41(40)53-46)33-18-21-38-35(26-33)16-17-36-27-37(19-22-39(36)38)42-29-51-47(54-42)43-15-12-25-58(43)49(60)45(56(5)6)32-13-10-9-11-14-32/h9-11,13-14,18-23,26-31,43-45H,8,12,15-17,24-25H2,1-7H3,(H,51,54)(H,52,53)(H,55,61)/t31-,43-,44-,45?/m0/s1. The fraction of sp³-hybridized carbons (Fsp3) is 0.380. The van der Waals surface area contributed by atoms with Crippen LogP contribution in [0, 0.1) is 5.92 Å². The van der Waals surface area contributed by atoms with E-state index in [1.165, 1.54) is 29.4 Å². The van der Waals surface area contributed by atoms with Gasteiger partial charge in [-0.25, -0.2) is 14.8 Å². The van der Waals surface area contributed by atoms with Crippen molar-refractivity contribution >= 4 is 28.9 Å². The molecule has 0 spiro atoms. The normalized spacial score (nSPS) is 16.2. The summed E-state index contributed by atoms with van der Waals surface area (Å²) in [6.07, 6.45) is 5.73. The van der Waals surface area contributed by atoms with E-state index >= 15 is 0 Å². The number of hydrogen-bond acceptors (Lipinski definition) is 7. The Labute approximate surface area is 364 Å². The lowest BCUT2D eigenvalue weighted by molar-refractivity contribution is -0.138. The van der Waals surface area contributed by atoms with Crippen LogP contribution in [0.4, 0.5) is 4.79 Å². The van der Waals surface area contributed by atoms with Crippen molar-refractivity contribution in [1.29, 1.82) is 0 Å². The number of nitrogens with one attached hydrogen (secondary N) is 3. The van der Waals surface area contributed by atoms with Crippen molar-refractivity contribution in [2.75, 3.05) is 34.3 Å². The first-order chi connectivity index (χ1) is 29.9. The molecule has 8 rings (SSSR count). The minimum atomic E-state index is -0.718. The van der Waals surface area contributed by atoms with E-state index in [0.29, 0.717) is 12.4 Å². The van der Waals surface area contributed by atoms with Gasteiger partial charge in [-0.3, -0.25) is 14.5 Å². The van der Waals surface area contributed by atoms with Crippen LogP contribution >= 0.6 is 0 Å². The summed E-state index contributed by atoms with van der Waals surface area (Å²) in [6.45, 7) is 9.06. The number of likely N-dealkylation sites (tertiary alicyclic amines) is 1. The second-order valence-electron chi connectivity index (χ2n) is 17.3. The summed E-state index contributed by atoms with van der Waals surface area (Å²) in [5, 5.41) is 2.72. The van der Waals surface area contributed by atoms with Gasteiger partial charge in [-0.1, -0.05) is 87.5 Å². The number of aryl methyl sites for hydroxylation is 2. The number of aromatic nitrogens is 4. The number of nitrogens with zero attached hydrogens (tertiary/aromatic N) is 5. The molecule has 4 aromatic carbocycles. The lowest BCUT2D eigenvalue weighted by atomic mass is 9.83. The van der Waals surface area contributed by atoms with Crippen molar-refractivity contribution in [3.8, 4) is 33.5 Å². The topological polar surface area (TPSA) is 140 Å². The smallest absolute Gasteiger partial charge is 0.407 e. The monoisotopic (exact) mass is 834 g/mol. The van der Waals surface area contributed by atoms with E-state index < -0.39 is 12.1 Å². The number of ether oxygens (including phenoxy) is 1. The van der Waals surface area contributed by atoms with E-state index in [2.05, 4.69) is 63.8 Å². The molecule has 2 aliphatic rings. The second kappa shape index (κ2) is 18.0. The molecule has 12 heteroatoms. The van der Waals surface area contributed by atoms with Crippen molar-refractivity contribution < 1.29 is 19.1 Å². The maximum absolute atomic E-state index is 14.0. The molecule has 1 saturated heterocycles. The molecule has 322 valence electrons. The summed E-state index contributed by atoms with van der Waals surface area (Å²) in [4.78, 5) is 62.6. The minimum Gasteiger partial charge on any atom is -0.453 e. The molecule has 6 aromatic rings. The van der Waals surface area contributed by atoms with Gasteiger partial charge >= 0.3 is 6.09 Å². The third-order valence-electron chi connectivity index (χ3n) is 12.6. The highest BCUT2D eigenvalue weighted by Crippen LogP contribution is 2.40. The molecule has 1 unspecified atom stereocenters. The van der Waals surface area contributed by atoms with Crippen molar-refractivity contribution in [3.05, 3.63) is 119 Å². The number of amides is 3. The predicted molar refractivity (Wildman–Crippen MR) is 243 cm³/mol. The van der Waals surface area contributed by atoms with Gasteiger partial charge in [-0.15, -0.1) is 0 Å². The molecule has 62 heavy (non-hydrogen) atoms. The molecular weight excluding hydrogens is 777 g/mol. The van der Waals surface area contributed by atoms with Crippen LogP contribution in [-0.2, 0) is 27.2 Å². The van der Waals surface area contributed by atoms with Crippen molar-refractivity contribution in [2.24, 2.45) is 5.92 Å². The lowest BCUT2D eigenvalue weighted by Crippen LogP contribution is -2.52. The quantitative estimate of drug-likeness (QED) is 0.106. The highest BCUT2D eigenvalue weighted by molar-refractivity contribution is 5.87. The van der Waals surface area contributed by atoms with Crippen LogP contribution in [0.3, 0.4) is 0 Å². The molecule has 3 heterocycles. The van der Waals surface area contributed by atoms with Crippen LogP contribution in [0.5, 0.6) is 0 Å². The molecule has 0 saturated carbocycles. The molecule has 4 atom stereocenters. The zero-order valence-corrected chi connectivity index (χ0v) is 36.9. The SMILES string of the molecule is CCCN(C(=O)[C@@H](NC(=O)OC)C(C)C)[C@@H](C)c1nc2ccc(-c3ccc4c(c3)CCc3cc(-c5cnc([C@@H]6CCCN6C(=O)C(c6ccccc6)N(C)C)[nH]5)ccc3-4)cc2[nH]1. The molecule has 1 aliphatic heterocycles. The van der Waals surface area contributed by atoms with Gasteiger partial charge in [0.05, 0.1) is 42.1 Å². The van der Waals surface area contributed by atoms with E-state index in [1.807, 2.05) is 94.2 Å². The summed E-state index contributed by atoms with van der Waals surface area (Å²) >= 11 is 0. The minimum absolute atomic E-state index is 0.0895. The number of H-pyrrole nitrogens is 2. The van der Waals surface area contributed by atoms with Crippen LogP contribution in [-0.4, -0.2) is 92.9 Å². The molecule has 12 nitrogen and oxygen atoms in total. The number of aromatic amines is 2. The summed E-state index contributed by atoms with van der Waals surface area (Å²) in [5.74, 6) is 1.35. The van der Waals surface area contributed by atoms with Gasteiger partial charge in [0.15, 0.2) is 0 Å².